The van der Waals surface area contributed by atoms with E-state index in [0.717, 1.165) is 19.3 Å². The summed E-state index contributed by atoms with van der Waals surface area (Å²) in [6, 6.07) is -0.920. The number of ether oxygens (including phenoxy) is 5. The Bertz CT molecular complexity index is 580. The topological polar surface area (TPSA) is 126 Å². The molecule has 0 radical (unpaired) electrons. The van der Waals surface area contributed by atoms with Crippen LogP contribution < -0.4 is 5.32 Å². The van der Waals surface area contributed by atoms with Crippen LogP contribution in [0.15, 0.2) is 0 Å². The molecule has 0 spiro atoms. The zero-order valence-corrected chi connectivity index (χ0v) is 17.6. The minimum absolute atomic E-state index is 0.243. The summed E-state index contributed by atoms with van der Waals surface area (Å²) in [6.07, 6.45) is -1.44. The Hall–Kier alpha value is -2.20. The molecule has 0 aromatic carbocycles. The first-order valence-corrected chi connectivity index (χ1v) is 9.67. The van der Waals surface area contributed by atoms with Crippen LogP contribution in [0.1, 0.15) is 53.9 Å². The first-order valence-electron chi connectivity index (χ1n) is 9.67. The number of esters is 3. The molecule has 0 bridgehead atoms. The van der Waals surface area contributed by atoms with E-state index in [2.05, 4.69) is 5.32 Å². The summed E-state index contributed by atoms with van der Waals surface area (Å²) in [6.45, 7) is 7.06. The van der Waals surface area contributed by atoms with Gasteiger partial charge in [0.1, 0.15) is 18.8 Å². The van der Waals surface area contributed by atoms with Crippen molar-refractivity contribution in [3.05, 3.63) is 0 Å². The first-order chi connectivity index (χ1) is 13.6. The van der Waals surface area contributed by atoms with Crippen molar-refractivity contribution in [1.82, 2.24) is 5.32 Å². The van der Waals surface area contributed by atoms with Crippen LogP contribution in [-0.2, 0) is 42.9 Å². The Morgan fingerprint density at radius 2 is 1.52 bits per heavy atom. The van der Waals surface area contributed by atoms with Gasteiger partial charge in [-0.2, -0.15) is 0 Å². The Balaban J connectivity index is 3.17. The molecular formula is C19H31NO9. The number of carbonyl (C=O) groups excluding carboxylic acids is 4. The monoisotopic (exact) mass is 417 g/mol. The Kier molecular flexibility index (Phi) is 10.6. The van der Waals surface area contributed by atoms with Gasteiger partial charge in [0.25, 0.3) is 0 Å². The molecular weight excluding hydrogens is 386 g/mol. The van der Waals surface area contributed by atoms with E-state index in [1.165, 1.54) is 27.7 Å². The molecule has 166 valence electrons. The molecule has 10 heteroatoms. The summed E-state index contributed by atoms with van der Waals surface area (Å²) in [5.41, 5.74) is 0. The molecule has 1 amide bonds. The Morgan fingerprint density at radius 1 is 0.897 bits per heavy atom. The second-order valence-corrected chi connectivity index (χ2v) is 6.80. The van der Waals surface area contributed by atoms with Crippen LogP contribution in [0, 0.1) is 0 Å². The lowest BCUT2D eigenvalue weighted by Crippen LogP contribution is -2.66. The maximum absolute atomic E-state index is 11.8. The molecule has 5 atom stereocenters. The van der Waals surface area contributed by atoms with Gasteiger partial charge in [-0.1, -0.05) is 19.8 Å². The van der Waals surface area contributed by atoms with E-state index in [0.29, 0.717) is 6.61 Å². The predicted octanol–water partition coefficient (Wildman–Crippen LogP) is 0.849. The summed E-state index contributed by atoms with van der Waals surface area (Å²) >= 11 is 0. The molecule has 0 saturated carbocycles. The van der Waals surface area contributed by atoms with Crippen LogP contribution in [0.25, 0.3) is 0 Å². The van der Waals surface area contributed by atoms with Crippen LogP contribution in [0.2, 0.25) is 0 Å². The van der Waals surface area contributed by atoms with Crippen molar-refractivity contribution in [2.75, 3.05) is 13.2 Å². The number of carbonyl (C=O) groups is 4. The smallest absolute Gasteiger partial charge is 0.303 e. The normalized spacial score (nSPS) is 26.3. The third-order valence-electron chi connectivity index (χ3n) is 4.10. The molecule has 0 aromatic heterocycles. The Labute approximate surface area is 170 Å². The zero-order valence-electron chi connectivity index (χ0n) is 17.6. The van der Waals surface area contributed by atoms with Gasteiger partial charge in [-0.3, -0.25) is 19.2 Å². The number of hydrogen-bond acceptors (Lipinski definition) is 9. The quantitative estimate of drug-likeness (QED) is 0.313. The van der Waals surface area contributed by atoms with Crippen molar-refractivity contribution in [1.29, 1.82) is 0 Å². The van der Waals surface area contributed by atoms with Gasteiger partial charge in [0.2, 0.25) is 5.91 Å². The molecule has 1 fully saturated rings. The van der Waals surface area contributed by atoms with Crippen LogP contribution in [-0.4, -0.2) is 67.7 Å². The molecule has 29 heavy (non-hydrogen) atoms. The van der Waals surface area contributed by atoms with Gasteiger partial charge in [-0.25, -0.2) is 0 Å². The highest BCUT2D eigenvalue weighted by Crippen LogP contribution is 2.28. The summed E-state index contributed by atoms with van der Waals surface area (Å²) in [5, 5.41) is 2.65. The number of hydrogen-bond donors (Lipinski definition) is 1. The van der Waals surface area contributed by atoms with Gasteiger partial charge in [-0.15, -0.1) is 0 Å². The van der Waals surface area contributed by atoms with Gasteiger partial charge in [-0.05, 0) is 6.42 Å². The van der Waals surface area contributed by atoms with Crippen molar-refractivity contribution in [2.24, 2.45) is 0 Å². The molecule has 0 aliphatic carbocycles. The highest BCUT2D eigenvalue weighted by molar-refractivity contribution is 5.73. The second kappa shape index (κ2) is 12.4. The van der Waals surface area contributed by atoms with Crippen molar-refractivity contribution >= 4 is 23.8 Å². The maximum Gasteiger partial charge on any atom is 0.303 e. The predicted molar refractivity (Wildman–Crippen MR) is 99.5 cm³/mol. The summed E-state index contributed by atoms with van der Waals surface area (Å²) in [7, 11) is 0. The zero-order chi connectivity index (χ0) is 22.0. The average Bonchev–Trinajstić information content (AvgIpc) is 2.60. The Morgan fingerprint density at radius 3 is 2.03 bits per heavy atom. The van der Waals surface area contributed by atoms with Gasteiger partial charge in [0, 0.05) is 34.3 Å². The first kappa shape index (κ1) is 24.8. The van der Waals surface area contributed by atoms with E-state index in [-0.39, 0.29) is 6.61 Å². The lowest BCUT2D eigenvalue weighted by molar-refractivity contribution is -0.277. The van der Waals surface area contributed by atoms with E-state index >= 15 is 0 Å². The molecule has 1 N–H and O–H groups in total. The highest BCUT2D eigenvalue weighted by Gasteiger charge is 2.51. The SMILES string of the molecule is CCCCCOC1O[C@H](COC(C)=O)[C@@H](OC(C)=O)[C@H](OC(C)=O)[C@H]1NC(C)=O. The summed E-state index contributed by atoms with van der Waals surface area (Å²) < 4.78 is 27.4. The fourth-order valence-electron chi connectivity index (χ4n) is 2.98. The minimum atomic E-state index is -1.11. The van der Waals surface area contributed by atoms with E-state index in [1.54, 1.807) is 0 Å². The van der Waals surface area contributed by atoms with Crippen molar-refractivity contribution < 1.29 is 42.9 Å². The number of nitrogens with one attached hydrogen (secondary N) is 1. The van der Waals surface area contributed by atoms with Crippen LogP contribution in [0.4, 0.5) is 0 Å². The van der Waals surface area contributed by atoms with E-state index < -0.39 is 54.5 Å². The average molecular weight is 417 g/mol. The standard InChI is InChI=1S/C19H31NO9/c1-6-7-8-9-25-19-16(20-11(2)21)18(28-14(5)24)17(27-13(4)23)15(29-19)10-26-12(3)22/h15-19H,6-10H2,1-5H3,(H,20,21)/t15-,16-,17-,18-,19?/m1/s1. The lowest BCUT2D eigenvalue weighted by atomic mass is 9.96. The fourth-order valence-corrected chi connectivity index (χ4v) is 2.98. The lowest BCUT2D eigenvalue weighted by Gasteiger charge is -2.44. The van der Waals surface area contributed by atoms with Crippen molar-refractivity contribution in [2.45, 2.75) is 84.5 Å². The minimum Gasteiger partial charge on any atom is -0.463 e. The second-order valence-electron chi connectivity index (χ2n) is 6.80. The van der Waals surface area contributed by atoms with Gasteiger partial charge in [0.15, 0.2) is 18.5 Å². The molecule has 10 nitrogen and oxygen atoms in total. The molecule has 1 saturated heterocycles. The molecule has 1 unspecified atom stereocenters. The largest absolute Gasteiger partial charge is 0.463 e. The molecule has 0 aromatic rings. The van der Waals surface area contributed by atoms with Crippen LogP contribution in [0.3, 0.4) is 0 Å². The van der Waals surface area contributed by atoms with Crippen molar-refractivity contribution in [3.63, 3.8) is 0 Å². The van der Waals surface area contributed by atoms with E-state index in [1.807, 2.05) is 6.92 Å². The molecule has 1 aliphatic heterocycles. The van der Waals surface area contributed by atoms with Crippen LogP contribution >= 0.6 is 0 Å². The van der Waals surface area contributed by atoms with Crippen LogP contribution in [0.5, 0.6) is 0 Å². The third kappa shape index (κ3) is 8.78. The van der Waals surface area contributed by atoms with Crippen molar-refractivity contribution in [3.8, 4) is 0 Å². The van der Waals surface area contributed by atoms with E-state index in [9.17, 15) is 19.2 Å². The molecule has 1 heterocycles. The highest BCUT2D eigenvalue weighted by atomic mass is 16.7. The fraction of sp³-hybridized carbons (Fsp3) is 0.789. The maximum atomic E-state index is 11.8. The number of rotatable bonds is 10. The summed E-state index contributed by atoms with van der Waals surface area (Å²) in [5.74, 6) is -2.24. The van der Waals surface area contributed by atoms with E-state index in [4.69, 9.17) is 23.7 Å². The van der Waals surface area contributed by atoms with Gasteiger partial charge in [0.05, 0.1) is 0 Å². The number of amides is 1. The molecule has 1 aliphatic rings. The summed E-state index contributed by atoms with van der Waals surface area (Å²) in [4.78, 5) is 46.3. The third-order valence-corrected chi connectivity index (χ3v) is 4.10. The van der Waals surface area contributed by atoms with Gasteiger partial charge >= 0.3 is 17.9 Å². The number of unbranched alkanes of at least 4 members (excludes halogenated alkanes) is 2. The molecule has 1 rings (SSSR count). The van der Waals surface area contributed by atoms with Gasteiger partial charge < -0.3 is 29.0 Å².